The molecule has 4 heterocycles. The molecule has 0 aromatic carbocycles. The lowest BCUT2D eigenvalue weighted by atomic mass is 10.2. The molecule has 0 unspecified atom stereocenters. The van der Waals surface area contributed by atoms with Crippen molar-refractivity contribution >= 4 is 40.0 Å². The van der Waals surface area contributed by atoms with E-state index in [0.717, 1.165) is 6.20 Å². The lowest BCUT2D eigenvalue weighted by molar-refractivity contribution is 0.0963. The molecule has 0 aliphatic heterocycles. The molecule has 0 spiro atoms. The maximum absolute atomic E-state index is 13.2. The Labute approximate surface area is 186 Å². The molecule has 0 saturated heterocycles. The third-order valence-electron chi connectivity index (χ3n) is 4.82. The number of aromatic nitrogens is 5. The molecular formula is C21H21FN8O2. The van der Waals surface area contributed by atoms with Crippen LogP contribution in [0.15, 0.2) is 47.7 Å². The highest BCUT2D eigenvalue weighted by molar-refractivity contribution is 6.01. The van der Waals surface area contributed by atoms with E-state index in [0.29, 0.717) is 23.3 Å². The van der Waals surface area contributed by atoms with Crippen molar-refractivity contribution < 1.29 is 13.3 Å². The number of hydrogen-bond donors (Lipinski definition) is 3. The first-order chi connectivity index (χ1) is 16.6. The summed E-state index contributed by atoms with van der Waals surface area (Å²) < 4.78 is 38.2. The zero-order chi connectivity index (χ0) is 25.3. The number of nitrogens with one attached hydrogen (secondary N) is 3. The third kappa shape index (κ3) is 3.87. The Hall–Kier alpha value is -4.28. The van der Waals surface area contributed by atoms with Crippen LogP contribution in [0.4, 0.5) is 27.5 Å². The fourth-order valence-corrected chi connectivity index (χ4v) is 3.23. The standard InChI is InChI=1S/C21H21FN8O2/c1-4-30-8-7-15-18(21(30)32)19(28-29(15)3)26-14-9-17(25-11-13(14)20(31)23-2)27-16-6-5-12(22)10-24-16/h5-11H,4H2,1-3H3,(H,23,31)(H2,24,25,26,27,28)/i2D3. The van der Waals surface area contributed by atoms with Gasteiger partial charge in [-0.1, -0.05) is 0 Å². The summed E-state index contributed by atoms with van der Waals surface area (Å²) in [5, 5.41) is 12.5. The maximum Gasteiger partial charge on any atom is 0.263 e. The number of rotatable bonds is 6. The van der Waals surface area contributed by atoms with Crippen LogP contribution in [0.1, 0.15) is 21.4 Å². The number of fused-ring (bicyclic) bond motifs is 1. The average Bonchev–Trinajstić information content (AvgIpc) is 3.10. The van der Waals surface area contributed by atoms with Gasteiger partial charge in [0.15, 0.2) is 5.82 Å². The van der Waals surface area contributed by atoms with Crippen LogP contribution in [0.5, 0.6) is 0 Å². The summed E-state index contributed by atoms with van der Waals surface area (Å²) >= 11 is 0. The minimum Gasteiger partial charge on any atom is -0.355 e. The van der Waals surface area contributed by atoms with E-state index in [-0.39, 0.29) is 28.4 Å². The van der Waals surface area contributed by atoms with E-state index in [1.807, 2.05) is 12.2 Å². The smallest absolute Gasteiger partial charge is 0.263 e. The Morgan fingerprint density at radius 2 is 2.00 bits per heavy atom. The molecule has 1 amide bonds. The van der Waals surface area contributed by atoms with Crippen LogP contribution in [0, 0.1) is 5.82 Å². The summed E-state index contributed by atoms with van der Waals surface area (Å²) in [5.74, 6) is -0.725. The lowest BCUT2D eigenvalue weighted by Gasteiger charge is -2.12. The fraction of sp³-hybridized carbons (Fsp3) is 0.190. The quantitative estimate of drug-likeness (QED) is 0.422. The molecule has 0 bridgehead atoms. The predicted octanol–water partition coefficient (Wildman–Crippen LogP) is 2.53. The first-order valence-electron chi connectivity index (χ1n) is 11.1. The van der Waals surface area contributed by atoms with Crippen molar-refractivity contribution in [3.05, 3.63) is 64.6 Å². The second kappa shape index (κ2) is 8.46. The molecular weight excluding hydrogens is 415 g/mol. The van der Waals surface area contributed by atoms with Gasteiger partial charge in [0, 0.05) is 43.1 Å². The van der Waals surface area contributed by atoms with Crippen LogP contribution in [0.25, 0.3) is 10.9 Å². The number of amides is 1. The van der Waals surface area contributed by atoms with Crippen LogP contribution in [0.3, 0.4) is 0 Å². The number of carbonyl (C=O) groups excluding carboxylic acids is 1. The number of nitrogens with zero attached hydrogens (tertiary/aromatic N) is 5. The number of aryl methyl sites for hydroxylation is 2. The Kier molecular flexibility index (Phi) is 4.60. The first kappa shape index (κ1) is 17.4. The number of hydrogen-bond acceptors (Lipinski definition) is 7. The van der Waals surface area contributed by atoms with Crippen molar-refractivity contribution in [3.8, 4) is 0 Å². The summed E-state index contributed by atoms with van der Waals surface area (Å²) in [6.07, 6.45) is 3.86. The molecule has 3 N–H and O–H groups in total. The summed E-state index contributed by atoms with van der Waals surface area (Å²) in [5.41, 5.74) is 0.331. The second-order valence-electron chi connectivity index (χ2n) is 6.82. The van der Waals surface area contributed by atoms with Gasteiger partial charge in [0.1, 0.15) is 22.8 Å². The zero-order valence-corrected chi connectivity index (χ0v) is 17.2. The topological polar surface area (TPSA) is 119 Å². The van der Waals surface area contributed by atoms with Gasteiger partial charge in [0.2, 0.25) is 0 Å². The Bertz CT molecular complexity index is 1460. The first-order valence-corrected chi connectivity index (χ1v) is 9.60. The molecule has 0 aliphatic carbocycles. The van der Waals surface area contributed by atoms with Crippen LogP contribution in [-0.4, -0.2) is 37.2 Å². The van der Waals surface area contributed by atoms with Crippen molar-refractivity contribution in [2.24, 2.45) is 7.05 Å². The molecule has 4 rings (SSSR count). The second-order valence-corrected chi connectivity index (χ2v) is 6.82. The third-order valence-corrected chi connectivity index (χ3v) is 4.82. The van der Waals surface area contributed by atoms with Gasteiger partial charge in [0.05, 0.1) is 23.0 Å². The monoisotopic (exact) mass is 439 g/mol. The maximum atomic E-state index is 13.2. The predicted molar refractivity (Wildman–Crippen MR) is 119 cm³/mol. The van der Waals surface area contributed by atoms with Gasteiger partial charge < -0.3 is 20.5 Å². The van der Waals surface area contributed by atoms with Crippen LogP contribution in [0.2, 0.25) is 0 Å². The largest absolute Gasteiger partial charge is 0.355 e. The highest BCUT2D eigenvalue weighted by Gasteiger charge is 2.18. The van der Waals surface area contributed by atoms with E-state index in [1.165, 1.54) is 33.6 Å². The molecule has 0 saturated carbocycles. The van der Waals surface area contributed by atoms with Crippen molar-refractivity contribution in [1.82, 2.24) is 29.6 Å². The van der Waals surface area contributed by atoms with E-state index in [2.05, 4.69) is 25.7 Å². The van der Waals surface area contributed by atoms with Crippen LogP contribution in [-0.2, 0) is 13.6 Å². The van der Waals surface area contributed by atoms with Gasteiger partial charge in [-0.2, -0.15) is 5.10 Å². The lowest BCUT2D eigenvalue weighted by Crippen LogP contribution is -2.20. The molecule has 164 valence electrons. The highest BCUT2D eigenvalue weighted by Crippen LogP contribution is 2.27. The number of pyridine rings is 3. The van der Waals surface area contributed by atoms with Gasteiger partial charge in [0.25, 0.3) is 11.5 Å². The van der Waals surface area contributed by atoms with Gasteiger partial charge in [-0.3, -0.25) is 14.3 Å². The SMILES string of the molecule is [2H]C([2H])([2H])NC(=O)c1cnc(Nc2ccc(F)cn2)cc1Nc1nn(C)c2ccn(CC)c(=O)c12. The van der Waals surface area contributed by atoms with Crippen LogP contribution < -0.4 is 21.5 Å². The molecule has 0 radical (unpaired) electrons. The van der Waals surface area contributed by atoms with Crippen molar-refractivity contribution in [3.63, 3.8) is 0 Å². The summed E-state index contributed by atoms with van der Waals surface area (Å²) in [6.45, 7) is -0.447. The van der Waals surface area contributed by atoms with Crippen molar-refractivity contribution in [2.75, 3.05) is 17.6 Å². The zero-order valence-electron chi connectivity index (χ0n) is 20.2. The molecule has 11 heteroatoms. The molecule has 4 aromatic rings. The fourth-order valence-electron chi connectivity index (χ4n) is 3.23. The number of carbonyl (C=O) groups is 1. The van der Waals surface area contributed by atoms with Crippen molar-refractivity contribution in [2.45, 2.75) is 13.5 Å². The summed E-state index contributed by atoms with van der Waals surface area (Å²) in [7, 11) is 1.67. The van der Waals surface area contributed by atoms with Crippen molar-refractivity contribution in [1.29, 1.82) is 0 Å². The molecule has 4 aromatic heterocycles. The Morgan fingerprint density at radius 3 is 2.72 bits per heavy atom. The number of anilines is 4. The van der Waals surface area contributed by atoms with E-state index < -0.39 is 18.7 Å². The Balaban J connectivity index is 1.79. The van der Waals surface area contributed by atoms with Gasteiger partial charge in [-0.15, -0.1) is 0 Å². The molecule has 0 atom stereocenters. The Morgan fingerprint density at radius 1 is 1.19 bits per heavy atom. The van der Waals surface area contributed by atoms with Gasteiger partial charge >= 0.3 is 0 Å². The van der Waals surface area contributed by atoms with E-state index in [9.17, 15) is 14.0 Å². The van der Waals surface area contributed by atoms with E-state index in [1.54, 1.807) is 19.3 Å². The van der Waals surface area contributed by atoms with E-state index >= 15 is 0 Å². The van der Waals surface area contributed by atoms with E-state index in [4.69, 9.17) is 4.11 Å². The normalized spacial score (nSPS) is 12.7. The van der Waals surface area contributed by atoms with Crippen LogP contribution >= 0.6 is 0 Å². The number of halogens is 1. The highest BCUT2D eigenvalue weighted by atomic mass is 19.1. The summed E-state index contributed by atoms with van der Waals surface area (Å²) in [6, 6.07) is 5.80. The minimum absolute atomic E-state index is 0.0932. The van der Waals surface area contributed by atoms with Gasteiger partial charge in [-0.25, -0.2) is 14.4 Å². The van der Waals surface area contributed by atoms with Gasteiger partial charge in [-0.05, 0) is 25.1 Å². The summed E-state index contributed by atoms with van der Waals surface area (Å²) in [4.78, 5) is 33.7. The molecule has 0 fully saturated rings. The molecule has 0 aliphatic rings. The molecule has 10 nitrogen and oxygen atoms in total. The minimum atomic E-state index is -2.73. The average molecular weight is 439 g/mol. The molecule has 32 heavy (non-hydrogen) atoms.